The van der Waals surface area contributed by atoms with E-state index in [0.29, 0.717) is 18.7 Å². The topological polar surface area (TPSA) is 57.8 Å². The van der Waals surface area contributed by atoms with Crippen LogP contribution in [-0.2, 0) is 12.6 Å². The average molecular weight is 418 g/mol. The number of carboxylic acid groups (broad SMARTS) is 1. The molecule has 9 heteroatoms. The Hall–Kier alpha value is -1.96. The Balaban J connectivity index is 2.10. The molecule has 0 radical (unpaired) electrons. The van der Waals surface area contributed by atoms with E-state index in [9.17, 15) is 23.1 Å². The largest absolute Gasteiger partial charge is 0.465 e. The van der Waals surface area contributed by atoms with Gasteiger partial charge < -0.3 is 10.0 Å². The van der Waals surface area contributed by atoms with Crippen LogP contribution >= 0.6 is 11.6 Å². The molecule has 1 aliphatic heterocycles. The molecule has 1 fully saturated rings. The average Bonchev–Trinajstić information content (AvgIpc) is 2.88. The summed E-state index contributed by atoms with van der Waals surface area (Å²) in [6.07, 6.45) is -1.71. The summed E-state index contributed by atoms with van der Waals surface area (Å²) < 4.78 is 40.4. The first kappa shape index (κ1) is 20.8. The third-order valence-corrected chi connectivity index (χ3v) is 6.19. The first-order valence-corrected chi connectivity index (χ1v) is 9.49. The first-order valence-electron chi connectivity index (χ1n) is 9.11. The normalized spacial score (nSPS) is 21.3. The van der Waals surface area contributed by atoms with Crippen LogP contribution in [0.25, 0.3) is 5.65 Å². The molecule has 3 rings (SSSR count). The van der Waals surface area contributed by atoms with E-state index in [2.05, 4.69) is 4.98 Å². The standard InChI is InChI=1S/C19H23ClF3N3O2/c1-17(2,3)18(7-4-5-8-26(18)16(27)28)11-13-15(20)25-9-6-12(19(21,22)23)10-14(25)24-13/h6,9-10H,4-5,7-8,11H2,1-3H3,(H,27,28)/t18-/m0/s1. The minimum absolute atomic E-state index is 0.0940. The number of carbonyl (C=O) groups is 1. The lowest BCUT2D eigenvalue weighted by Crippen LogP contribution is -2.62. The van der Waals surface area contributed by atoms with E-state index in [1.807, 2.05) is 20.8 Å². The fraction of sp³-hybridized carbons (Fsp3) is 0.579. The molecule has 2 aromatic heterocycles. The van der Waals surface area contributed by atoms with Gasteiger partial charge >= 0.3 is 12.3 Å². The molecule has 1 saturated heterocycles. The third-order valence-electron chi connectivity index (χ3n) is 5.79. The van der Waals surface area contributed by atoms with Crippen LogP contribution in [0.3, 0.4) is 0 Å². The van der Waals surface area contributed by atoms with Crippen molar-refractivity contribution >= 4 is 23.3 Å². The van der Waals surface area contributed by atoms with E-state index in [4.69, 9.17) is 11.6 Å². The number of piperidine rings is 1. The number of alkyl halides is 3. The van der Waals surface area contributed by atoms with Gasteiger partial charge in [-0.05, 0) is 36.8 Å². The summed E-state index contributed by atoms with van der Waals surface area (Å²) in [6, 6.07) is 1.91. The quantitative estimate of drug-likeness (QED) is 0.702. The highest BCUT2D eigenvalue weighted by Crippen LogP contribution is 2.45. The van der Waals surface area contributed by atoms with Crippen molar-refractivity contribution in [2.24, 2.45) is 5.41 Å². The van der Waals surface area contributed by atoms with Gasteiger partial charge in [0.2, 0.25) is 0 Å². The van der Waals surface area contributed by atoms with Crippen molar-refractivity contribution < 1.29 is 23.1 Å². The lowest BCUT2D eigenvalue weighted by molar-refractivity contribution is -0.137. The lowest BCUT2D eigenvalue weighted by Gasteiger charge is -2.53. The Morgan fingerprint density at radius 3 is 2.57 bits per heavy atom. The minimum Gasteiger partial charge on any atom is -0.465 e. The smallest absolute Gasteiger partial charge is 0.416 e. The van der Waals surface area contributed by atoms with Crippen LogP contribution in [0.15, 0.2) is 18.3 Å². The van der Waals surface area contributed by atoms with Gasteiger partial charge in [0.25, 0.3) is 0 Å². The predicted molar refractivity (Wildman–Crippen MR) is 99.7 cm³/mol. The van der Waals surface area contributed by atoms with Gasteiger partial charge in [-0.15, -0.1) is 0 Å². The number of hydrogen-bond acceptors (Lipinski definition) is 2. The van der Waals surface area contributed by atoms with E-state index >= 15 is 0 Å². The Morgan fingerprint density at radius 1 is 1.32 bits per heavy atom. The Morgan fingerprint density at radius 2 is 2.00 bits per heavy atom. The molecule has 0 spiro atoms. The molecule has 1 aliphatic rings. The molecule has 0 unspecified atom stereocenters. The molecular formula is C19H23ClF3N3O2. The van der Waals surface area contributed by atoms with E-state index < -0.39 is 28.8 Å². The molecule has 0 aromatic carbocycles. The number of nitrogens with zero attached hydrogens (tertiary/aromatic N) is 3. The third kappa shape index (κ3) is 3.43. The molecule has 0 aliphatic carbocycles. The van der Waals surface area contributed by atoms with Crippen molar-refractivity contribution in [3.05, 3.63) is 34.7 Å². The SMILES string of the molecule is CC(C)(C)[C@@]1(Cc2nc3cc(C(F)(F)F)ccn3c2Cl)CCCCN1C(=O)O. The van der Waals surface area contributed by atoms with Crippen molar-refractivity contribution in [1.29, 1.82) is 0 Å². The molecule has 1 amide bonds. The summed E-state index contributed by atoms with van der Waals surface area (Å²) >= 11 is 6.44. The van der Waals surface area contributed by atoms with Gasteiger partial charge in [-0.25, -0.2) is 9.78 Å². The van der Waals surface area contributed by atoms with E-state index in [-0.39, 0.29) is 17.2 Å². The van der Waals surface area contributed by atoms with Crippen molar-refractivity contribution in [2.45, 2.75) is 58.2 Å². The first-order chi connectivity index (χ1) is 12.9. The highest BCUT2D eigenvalue weighted by molar-refractivity contribution is 6.30. The van der Waals surface area contributed by atoms with Crippen LogP contribution in [0, 0.1) is 5.41 Å². The fourth-order valence-corrected chi connectivity index (χ4v) is 4.43. The summed E-state index contributed by atoms with van der Waals surface area (Å²) in [5, 5.41) is 10.0. The zero-order valence-electron chi connectivity index (χ0n) is 16.0. The molecule has 2 aromatic rings. The van der Waals surface area contributed by atoms with Crippen LogP contribution < -0.4 is 0 Å². The Bertz CT molecular complexity index is 904. The maximum atomic E-state index is 13.0. The second-order valence-electron chi connectivity index (χ2n) is 8.34. The van der Waals surface area contributed by atoms with E-state index in [0.717, 1.165) is 25.0 Å². The van der Waals surface area contributed by atoms with Crippen molar-refractivity contribution in [3.8, 4) is 0 Å². The summed E-state index contributed by atoms with van der Waals surface area (Å²) in [5.74, 6) is 0. The molecule has 0 saturated carbocycles. The van der Waals surface area contributed by atoms with Crippen LogP contribution in [0.2, 0.25) is 5.15 Å². The number of rotatable bonds is 2. The summed E-state index contributed by atoms with van der Waals surface area (Å²) in [5.41, 5.74) is -1.46. The van der Waals surface area contributed by atoms with Crippen LogP contribution in [0.1, 0.15) is 51.3 Å². The molecule has 5 nitrogen and oxygen atoms in total. The number of halogens is 4. The molecule has 1 N–H and O–H groups in total. The van der Waals surface area contributed by atoms with E-state index in [1.165, 1.54) is 15.5 Å². The van der Waals surface area contributed by atoms with Gasteiger partial charge in [0.05, 0.1) is 16.8 Å². The van der Waals surface area contributed by atoms with Gasteiger partial charge in [0.15, 0.2) is 0 Å². The number of imidazole rings is 1. The lowest BCUT2D eigenvalue weighted by atomic mass is 9.65. The maximum Gasteiger partial charge on any atom is 0.416 e. The summed E-state index contributed by atoms with van der Waals surface area (Å²) in [6.45, 7) is 6.33. The zero-order chi connectivity index (χ0) is 20.9. The number of fused-ring (bicyclic) bond motifs is 1. The van der Waals surface area contributed by atoms with Crippen molar-refractivity contribution in [2.75, 3.05) is 6.54 Å². The van der Waals surface area contributed by atoms with Crippen LogP contribution in [0.4, 0.5) is 18.0 Å². The second-order valence-corrected chi connectivity index (χ2v) is 8.70. The number of pyridine rings is 1. The Kier molecular flexibility index (Phi) is 5.06. The van der Waals surface area contributed by atoms with Gasteiger partial charge in [-0.2, -0.15) is 13.2 Å². The van der Waals surface area contributed by atoms with Gasteiger partial charge in [-0.3, -0.25) is 4.40 Å². The van der Waals surface area contributed by atoms with E-state index in [1.54, 1.807) is 0 Å². The van der Waals surface area contributed by atoms with Crippen LogP contribution in [0.5, 0.6) is 0 Å². The number of amides is 1. The van der Waals surface area contributed by atoms with Gasteiger partial charge in [-0.1, -0.05) is 32.4 Å². The number of likely N-dealkylation sites (tertiary alicyclic amines) is 1. The van der Waals surface area contributed by atoms with Gasteiger partial charge in [0, 0.05) is 19.2 Å². The maximum absolute atomic E-state index is 13.0. The second kappa shape index (κ2) is 6.83. The van der Waals surface area contributed by atoms with Gasteiger partial charge in [0.1, 0.15) is 10.8 Å². The fourth-order valence-electron chi connectivity index (χ4n) is 4.17. The Labute approximate surface area is 166 Å². The van der Waals surface area contributed by atoms with Crippen LogP contribution in [-0.4, -0.2) is 37.6 Å². The van der Waals surface area contributed by atoms with Crippen molar-refractivity contribution in [1.82, 2.24) is 14.3 Å². The zero-order valence-corrected chi connectivity index (χ0v) is 16.7. The molecular weight excluding hydrogens is 395 g/mol. The predicted octanol–water partition coefficient (Wildman–Crippen LogP) is 5.50. The summed E-state index contributed by atoms with van der Waals surface area (Å²) in [7, 11) is 0. The van der Waals surface area contributed by atoms with Crippen molar-refractivity contribution in [3.63, 3.8) is 0 Å². The summed E-state index contributed by atoms with van der Waals surface area (Å²) in [4.78, 5) is 17.8. The molecule has 1 atom stereocenters. The molecule has 28 heavy (non-hydrogen) atoms. The molecule has 3 heterocycles. The number of hydrogen-bond donors (Lipinski definition) is 1. The monoisotopic (exact) mass is 417 g/mol. The highest BCUT2D eigenvalue weighted by atomic mass is 35.5. The molecule has 154 valence electrons. The highest BCUT2D eigenvalue weighted by Gasteiger charge is 2.50. The number of aromatic nitrogens is 2. The minimum atomic E-state index is -4.48. The molecule has 0 bridgehead atoms.